The molecule has 0 spiro atoms. The van der Waals surface area contributed by atoms with Gasteiger partial charge in [-0.05, 0) is 35.3 Å². The zero-order valence-electron chi connectivity index (χ0n) is 15.2. The van der Waals surface area contributed by atoms with Crippen LogP contribution in [0.4, 0.5) is 4.79 Å². The Morgan fingerprint density at radius 3 is 1.78 bits per heavy atom. The Kier molecular flexibility index (Phi) is 6.42. The molecule has 3 aromatic carbocycles. The van der Waals surface area contributed by atoms with Gasteiger partial charge in [-0.15, -0.1) is 0 Å². The maximum Gasteiger partial charge on any atom is 0.509 e. The Morgan fingerprint density at radius 1 is 0.815 bits per heavy atom. The van der Waals surface area contributed by atoms with Crippen molar-refractivity contribution < 1.29 is 14.3 Å². The number of hydrogen-bond donors (Lipinski definition) is 0. The molecule has 0 heterocycles. The predicted molar refractivity (Wildman–Crippen MR) is 107 cm³/mol. The highest BCUT2D eigenvalue weighted by Gasteiger charge is 2.17. The third kappa shape index (κ3) is 5.08. The van der Waals surface area contributed by atoms with Crippen LogP contribution in [0.25, 0.3) is 5.57 Å². The first-order valence-electron chi connectivity index (χ1n) is 8.99. The van der Waals surface area contributed by atoms with Crippen LogP contribution in [0.15, 0.2) is 97.1 Å². The fourth-order valence-electron chi connectivity index (χ4n) is 2.84. The van der Waals surface area contributed by atoms with Crippen molar-refractivity contribution in [1.82, 2.24) is 0 Å². The van der Waals surface area contributed by atoms with E-state index < -0.39 is 12.3 Å². The molecule has 0 aliphatic carbocycles. The normalized spacial score (nSPS) is 11.3. The molecule has 0 radical (unpaired) electrons. The first-order valence-corrected chi connectivity index (χ1v) is 8.99. The van der Waals surface area contributed by atoms with Crippen molar-refractivity contribution in [3.8, 4) is 0 Å². The Labute approximate surface area is 159 Å². The van der Waals surface area contributed by atoms with Gasteiger partial charge >= 0.3 is 6.16 Å². The largest absolute Gasteiger partial charge is 0.509 e. The highest BCUT2D eigenvalue weighted by molar-refractivity contribution is 5.80. The lowest BCUT2D eigenvalue weighted by Gasteiger charge is -2.17. The van der Waals surface area contributed by atoms with Gasteiger partial charge in [0.05, 0.1) is 6.61 Å². The van der Waals surface area contributed by atoms with E-state index in [-0.39, 0.29) is 6.61 Å². The standard InChI is InChI=1S/C24H22O3/c1-2-26-24(25)27-23(21-16-10-5-11-17-21)18-22(19-12-6-3-7-13-19)20-14-8-4-9-15-20/h3-18,23H,2H2,1H3. The number of benzene rings is 3. The molecular formula is C24H22O3. The molecule has 3 rings (SSSR count). The Balaban J connectivity index is 2.06. The second-order valence-corrected chi connectivity index (χ2v) is 5.94. The molecule has 3 aromatic rings. The average Bonchev–Trinajstić information content (AvgIpc) is 2.73. The van der Waals surface area contributed by atoms with Crippen molar-refractivity contribution in [2.75, 3.05) is 6.61 Å². The van der Waals surface area contributed by atoms with Crippen LogP contribution in [-0.2, 0) is 9.47 Å². The molecule has 0 amide bonds. The maximum atomic E-state index is 12.0. The summed E-state index contributed by atoms with van der Waals surface area (Å²) < 4.78 is 10.6. The van der Waals surface area contributed by atoms with E-state index in [1.807, 2.05) is 97.1 Å². The fraction of sp³-hybridized carbons (Fsp3) is 0.125. The Morgan fingerprint density at radius 2 is 1.30 bits per heavy atom. The number of carbonyl (C=O) groups excluding carboxylic acids is 1. The number of hydrogen-bond acceptors (Lipinski definition) is 3. The van der Waals surface area contributed by atoms with E-state index >= 15 is 0 Å². The van der Waals surface area contributed by atoms with Gasteiger partial charge in [0.15, 0.2) is 0 Å². The minimum Gasteiger partial charge on any atom is -0.435 e. The summed E-state index contributed by atoms with van der Waals surface area (Å²) in [5.74, 6) is 0. The van der Waals surface area contributed by atoms with Crippen LogP contribution < -0.4 is 0 Å². The molecule has 0 aromatic heterocycles. The summed E-state index contributed by atoms with van der Waals surface area (Å²) in [5, 5.41) is 0. The minimum atomic E-state index is -0.678. The first kappa shape index (κ1) is 18.5. The SMILES string of the molecule is CCOC(=O)OC(C=C(c1ccccc1)c1ccccc1)c1ccccc1. The zero-order valence-corrected chi connectivity index (χ0v) is 15.2. The summed E-state index contributed by atoms with van der Waals surface area (Å²) in [4.78, 5) is 12.0. The summed E-state index contributed by atoms with van der Waals surface area (Å²) in [5.41, 5.74) is 3.98. The van der Waals surface area contributed by atoms with Gasteiger partial charge < -0.3 is 9.47 Å². The molecule has 27 heavy (non-hydrogen) atoms. The van der Waals surface area contributed by atoms with Gasteiger partial charge in [-0.3, -0.25) is 0 Å². The molecule has 0 bridgehead atoms. The van der Waals surface area contributed by atoms with Crippen molar-refractivity contribution in [3.05, 3.63) is 114 Å². The molecule has 0 saturated carbocycles. The Bertz CT molecular complexity index is 830. The summed E-state index contributed by atoms with van der Waals surface area (Å²) in [7, 11) is 0. The lowest BCUT2D eigenvalue weighted by molar-refractivity contribution is 0.0402. The molecule has 136 valence electrons. The molecule has 3 nitrogen and oxygen atoms in total. The predicted octanol–water partition coefficient (Wildman–Crippen LogP) is 6.03. The average molecular weight is 358 g/mol. The molecule has 0 N–H and O–H groups in total. The van der Waals surface area contributed by atoms with Crippen LogP contribution in [0.1, 0.15) is 29.7 Å². The van der Waals surface area contributed by atoms with E-state index in [2.05, 4.69) is 0 Å². The van der Waals surface area contributed by atoms with Crippen molar-refractivity contribution in [2.45, 2.75) is 13.0 Å². The molecule has 0 saturated heterocycles. The van der Waals surface area contributed by atoms with Crippen LogP contribution in [0.2, 0.25) is 0 Å². The third-order valence-corrected chi connectivity index (χ3v) is 4.10. The lowest BCUT2D eigenvalue weighted by Crippen LogP contribution is -2.12. The zero-order chi connectivity index (χ0) is 18.9. The van der Waals surface area contributed by atoms with E-state index in [0.29, 0.717) is 0 Å². The van der Waals surface area contributed by atoms with Gasteiger partial charge in [0.2, 0.25) is 0 Å². The molecular weight excluding hydrogens is 336 g/mol. The minimum absolute atomic E-state index is 0.272. The summed E-state index contributed by atoms with van der Waals surface area (Å²) in [6.45, 7) is 2.03. The van der Waals surface area contributed by atoms with E-state index in [1.165, 1.54) is 0 Å². The molecule has 1 unspecified atom stereocenters. The highest BCUT2D eigenvalue weighted by Crippen LogP contribution is 2.29. The third-order valence-electron chi connectivity index (χ3n) is 4.10. The van der Waals surface area contributed by atoms with Gasteiger partial charge in [0, 0.05) is 0 Å². The van der Waals surface area contributed by atoms with Crippen LogP contribution in [0.5, 0.6) is 0 Å². The van der Waals surface area contributed by atoms with Crippen molar-refractivity contribution >= 4 is 11.7 Å². The maximum absolute atomic E-state index is 12.0. The van der Waals surface area contributed by atoms with Crippen LogP contribution in [-0.4, -0.2) is 12.8 Å². The number of rotatable bonds is 6. The van der Waals surface area contributed by atoms with E-state index in [0.717, 1.165) is 22.3 Å². The van der Waals surface area contributed by atoms with E-state index in [4.69, 9.17) is 9.47 Å². The number of carbonyl (C=O) groups is 1. The van der Waals surface area contributed by atoms with Crippen molar-refractivity contribution in [1.29, 1.82) is 0 Å². The smallest absolute Gasteiger partial charge is 0.435 e. The van der Waals surface area contributed by atoms with E-state index in [1.54, 1.807) is 6.92 Å². The van der Waals surface area contributed by atoms with Crippen LogP contribution in [0.3, 0.4) is 0 Å². The quantitative estimate of drug-likeness (QED) is 0.505. The molecule has 0 fully saturated rings. The Hall–Kier alpha value is -3.33. The number of ether oxygens (including phenoxy) is 2. The lowest BCUT2D eigenvalue weighted by atomic mass is 9.95. The summed E-state index contributed by atoms with van der Waals surface area (Å²) in [6.07, 6.45) is 0.737. The summed E-state index contributed by atoms with van der Waals surface area (Å²) >= 11 is 0. The second kappa shape index (κ2) is 9.39. The van der Waals surface area contributed by atoms with Crippen molar-refractivity contribution in [3.63, 3.8) is 0 Å². The van der Waals surface area contributed by atoms with Gasteiger partial charge in [-0.25, -0.2) is 4.79 Å². The highest BCUT2D eigenvalue weighted by atomic mass is 16.7. The monoisotopic (exact) mass is 358 g/mol. The van der Waals surface area contributed by atoms with Crippen LogP contribution in [0, 0.1) is 0 Å². The van der Waals surface area contributed by atoms with Gasteiger partial charge in [-0.2, -0.15) is 0 Å². The van der Waals surface area contributed by atoms with Gasteiger partial charge in [0.1, 0.15) is 6.10 Å². The molecule has 1 atom stereocenters. The summed E-state index contributed by atoms with van der Waals surface area (Å²) in [6, 6.07) is 29.8. The van der Waals surface area contributed by atoms with Crippen molar-refractivity contribution in [2.24, 2.45) is 0 Å². The molecule has 0 aliphatic rings. The molecule has 3 heteroatoms. The fourth-order valence-corrected chi connectivity index (χ4v) is 2.84. The first-order chi connectivity index (χ1) is 13.3. The van der Waals surface area contributed by atoms with Gasteiger partial charge in [0.25, 0.3) is 0 Å². The molecule has 0 aliphatic heterocycles. The van der Waals surface area contributed by atoms with E-state index in [9.17, 15) is 4.79 Å². The van der Waals surface area contributed by atoms with Gasteiger partial charge in [-0.1, -0.05) is 91.0 Å². The second-order valence-electron chi connectivity index (χ2n) is 5.94. The topological polar surface area (TPSA) is 35.5 Å². The van der Waals surface area contributed by atoms with Crippen LogP contribution >= 0.6 is 0 Å².